The summed E-state index contributed by atoms with van der Waals surface area (Å²) in [5.74, 6) is -1.56. The van der Waals surface area contributed by atoms with Gasteiger partial charge in [-0.2, -0.15) is 0 Å². The predicted octanol–water partition coefficient (Wildman–Crippen LogP) is 6.14. The lowest BCUT2D eigenvalue weighted by Crippen LogP contribution is -2.54. The number of hydrogen-bond donors (Lipinski definition) is 1. The molecule has 4 rings (SSSR count). The molecule has 0 aliphatic carbocycles. The molecule has 0 aliphatic heterocycles. The summed E-state index contributed by atoms with van der Waals surface area (Å²) in [6.45, 7) is 4.90. The van der Waals surface area contributed by atoms with E-state index in [0.717, 1.165) is 15.4 Å². The smallest absolute Gasteiger partial charge is 0.264 e. The Morgan fingerprint density at radius 2 is 1.38 bits per heavy atom. The average molecular weight is 630 g/mol. The number of amides is 2. The molecule has 2 atom stereocenters. The van der Waals surface area contributed by atoms with Crippen molar-refractivity contribution in [3.05, 3.63) is 132 Å². The normalized spacial score (nSPS) is 12.6. The second-order valence-corrected chi connectivity index (χ2v) is 12.8. The Hall–Kier alpha value is -4.50. The van der Waals surface area contributed by atoms with Crippen LogP contribution in [0.5, 0.6) is 0 Å². The highest BCUT2D eigenvalue weighted by molar-refractivity contribution is 7.92. The number of anilines is 1. The van der Waals surface area contributed by atoms with Crippen LogP contribution in [0.1, 0.15) is 43.9 Å². The Labute approximate surface area is 265 Å². The van der Waals surface area contributed by atoms with Gasteiger partial charge >= 0.3 is 0 Å². The lowest BCUT2D eigenvalue weighted by Gasteiger charge is -2.34. The first-order valence-corrected chi connectivity index (χ1v) is 16.6. The van der Waals surface area contributed by atoms with Crippen LogP contribution in [0.4, 0.5) is 10.1 Å². The highest BCUT2D eigenvalue weighted by Gasteiger charge is 2.35. The maximum atomic E-state index is 15.1. The van der Waals surface area contributed by atoms with Crippen molar-refractivity contribution in [1.29, 1.82) is 0 Å². The monoisotopic (exact) mass is 629 g/mol. The second-order valence-electron chi connectivity index (χ2n) is 10.9. The molecule has 0 saturated carbocycles. The quantitative estimate of drug-likeness (QED) is 0.182. The minimum Gasteiger partial charge on any atom is -0.352 e. The second kappa shape index (κ2) is 15.5. The zero-order valence-corrected chi connectivity index (χ0v) is 26.7. The van der Waals surface area contributed by atoms with Crippen LogP contribution in [0.2, 0.25) is 0 Å². The molecular formula is C36H40FN3O4S. The first-order valence-electron chi connectivity index (χ1n) is 15.2. The van der Waals surface area contributed by atoms with Crippen LogP contribution in [0.25, 0.3) is 0 Å². The summed E-state index contributed by atoms with van der Waals surface area (Å²) in [5.41, 5.74) is 2.12. The summed E-state index contributed by atoms with van der Waals surface area (Å²) in [7, 11) is -4.21. The van der Waals surface area contributed by atoms with E-state index in [-0.39, 0.29) is 29.5 Å². The van der Waals surface area contributed by atoms with Gasteiger partial charge in [0.2, 0.25) is 11.8 Å². The van der Waals surface area contributed by atoms with Crippen LogP contribution < -0.4 is 9.62 Å². The molecule has 2 unspecified atom stereocenters. The van der Waals surface area contributed by atoms with E-state index < -0.39 is 40.2 Å². The molecular weight excluding hydrogens is 589 g/mol. The molecule has 0 fully saturated rings. The van der Waals surface area contributed by atoms with Crippen molar-refractivity contribution in [3.8, 4) is 0 Å². The van der Waals surface area contributed by atoms with Crippen molar-refractivity contribution in [2.24, 2.45) is 0 Å². The third kappa shape index (κ3) is 8.36. The number of nitrogens with zero attached hydrogens (tertiary/aromatic N) is 2. The zero-order valence-electron chi connectivity index (χ0n) is 25.9. The molecule has 0 spiro atoms. The predicted molar refractivity (Wildman–Crippen MR) is 176 cm³/mol. The largest absolute Gasteiger partial charge is 0.352 e. The average Bonchev–Trinajstić information content (AvgIpc) is 3.06. The Morgan fingerprint density at radius 1 is 0.800 bits per heavy atom. The van der Waals surface area contributed by atoms with E-state index in [1.54, 1.807) is 48.5 Å². The summed E-state index contributed by atoms with van der Waals surface area (Å²) in [4.78, 5) is 29.7. The van der Waals surface area contributed by atoms with Gasteiger partial charge in [0.25, 0.3) is 10.0 Å². The molecule has 0 radical (unpaired) electrons. The van der Waals surface area contributed by atoms with Crippen molar-refractivity contribution in [2.75, 3.05) is 10.8 Å². The topological polar surface area (TPSA) is 86.8 Å². The van der Waals surface area contributed by atoms with Gasteiger partial charge in [-0.1, -0.05) is 98.8 Å². The molecule has 4 aromatic rings. The first-order chi connectivity index (χ1) is 21.6. The molecule has 2 amide bonds. The maximum absolute atomic E-state index is 15.1. The van der Waals surface area contributed by atoms with Crippen LogP contribution in [-0.4, -0.2) is 43.8 Å². The minimum atomic E-state index is -4.21. The molecule has 0 bridgehead atoms. The van der Waals surface area contributed by atoms with Gasteiger partial charge in [-0.25, -0.2) is 12.8 Å². The number of aryl methyl sites for hydroxylation is 1. The number of rotatable bonds is 14. The van der Waals surface area contributed by atoms with Crippen molar-refractivity contribution in [2.45, 2.75) is 63.6 Å². The van der Waals surface area contributed by atoms with E-state index in [4.69, 9.17) is 0 Å². The van der Waals surface area contributed by atoms with Gasteiger partial charge in [-0.3, -0.25) is 13.9 Å². The Balaban J connectivity index is 1.84. The van der Waals surface area contributed by atoms with Gasteiger partial charge < -0.3 is 10.2 Å². The van der Waals surface area contributed by atoms with E-state index in [0.29, 0.717) is 18.5 Å². The number of benzene rings is 4. The number of sulfonamides is 1. The van der Waals surface area contributed by atoms with Crippen LogP contribution in [0.15, 0.2) is 114 Å². The number of nitrogens with one attached hydrogen (secondary N) is 1. The summed E-state index contributed by atoms with van der Waals surface area (Å²) in [5, 5.41) is 2.99. The van der Waals surface area contributed by atoms with E-state index in [2.05, 4.69) is 5.32 Å². The molecule has 45 heavy (non-hydrogen) atoms. The van der Waals surface area contributed by atoms with E-state index in [1.807, 2.05) is 63.2 Å². The molecule has 0 aromatic heterocycles. The van der Waals surface area contributed by atoms with Crippen LogP contribution in [-0.2, 0) is 39.0 Å². The summed E-state index contributed by atoms with van der Waals surface area (Å²) in [6, 6.07) is 29.1. The molecule has 0 aliphatic rings. The number of carbonyl (C=O) groups excluding carboxylic acids is 2. The van der Waals surface area contributed by atoms with Crippen LogP contribution >= 0.6 is 0 Å². The highest BCUT2D eigenvalue weighted by Crippen LogP contribution is 2.28. The number of hydrogen-bond acceptors (Lipinski definition) is 4. The lowest BCUT2D eigenvalue weighted by molar-refractivity contribution is -0.140. The fourth-order valence-corrected chi connectivity index (χ4v) is 6.56. The van der Waals surface area contributed by atoms with Gasteiger partial charge in [0.1, 0.15) is 18.4 Å². The van der Waals surface area contributed by atoms with Crippen LogP contribution in [0, 0.1) is 5.82 Å². The third-order valence-electron chi connectivity index (χ3n) is 7.82. The Morgan fingerprint density at radius 3 is 2.00 bits per heavy atom. The zero-order chi connectivity index (χ0) is 32.4. The molecule has 7 nitrogen and oxygen atoms in total. The van der Waals surface area contributed by atoms with E-state index in [9.17, 15) is 18.0 Å². The fraction of sp³-hybridized carbons (Fsp3) is 0.278. The van der Waals surface area contributed by atoms with E-state index >= 15 is 4.39 Å². The molecule has 4 aromatic carbocycles. The van der Waals surface area contributed by atoms with Gasteiger partial charge in [0.05, 0.1) is 10.6 Å². The van der Waals surface area contributed by atoms with Crippen molar-refractivity contribution >= 4 is 27.5 Å². The number of para-hydroxylation sites is 1. The molecule has 1 N–H and O–H groups in total. The first kappa shape index (κ1) is 33.4. The van der Waals surface area contributed by atoms with Gasteiger partial charge in [-0.15, -0.1) is 0 Å². The van der Waals surface area contributed by atoms with Crippen molar-refractivity contribution in [3.63, 3.8) is 0 Å². The summed E-state index contributed by atoms with van der Waals surface area (Å²) in [6.07, 6.45) is 1.35. The van der Waals surface area contributed by atoms with Crippen LogP contribution in [0.3, 0.4) is 0 Å². The lowest BCUT2D eigenvalue weighted by atomic mass is 10.0. The van der Waals surface area contributed by atoms with Gasteiger partial charge in [0.15, 0.2) is 0 Å². The number of carbonyl (C=O) groups is 2. The number of halogens is 1. The molecule has 9 heteroatoms. The van der Waals surface area contributed by atoms with Crippen molar-refractivity contribution < 1.29 is 22.4 Å². The SMILES string of the molecule is CCc1ccccc1N(CC(=O)N(Cc1ccccc1F)C(Cc1ccccc1)C(=O)NC(C)CC)S(=O)(=O)c1ccccc1. The molecule has 0 saturated heterocycles. The standard InChI is InChI=1S/C36H40FN3O4S/c1-4-27(3)38-36(42)34(24-28-16-8-6-9-17-28)39(25-30-19-12-14-22-32(30)37)35(41)26-40(33-23-15-13-18-29(33)5-2)45(43,44)31-20-10-7-11-21-31/h6-23,27,34H,4-5,24-26H2,1-3H3,(H,38,42). The summed E-state index contributed by atoms with van der Waals surface area (Å²) >= 11 is 0. The highest BCUT2D eigenvalue weighted by atomic mass is 32.2. The van der Waals surface area contributed by atoms with Crippen molar-refractivity contribution in [1.82, 2.24) is 10.2 Å². The minimum absolute atomic E-state index is 0.0275. The fourth-order valence-electron chi connectivity index (χ4n) is 5.09. The summed E-state index contributed by atoms with van der Waals surface area (Å²) < 4.78 is 44.5. The maximum Gasteiger partial charge on any atom is 0.264 e. The van der Waals surface area contributed by atoms with Gasteiger partial charge in [-0.05, 0) is 55.2 Å². The Kier molecular flexibility index (Phi) is 11.5. The molecule has 236 valence electrons. The van der Waals surface area contributed by atoms with E-state index in [1.165, 1.54) is 23.1 Å². The molecule has 0 heterocycles. The van der Waals surface area contributed by atoms with Gasteiger partial charge in [0, 0.05) is 24.6 Å². The third-order valence-corrected chi connectivity index (χ3v) is 9.60. The Bertz CT molecular complexity index is 1680.